The van der Waals surface area contributed by atoms with E-state index >= 15 is 0 Å². The lowest BCUT2D eigenvalue weighted by atomic mass is 10.1. The van der Waals surface area contributed by atoms with Crippen molar-refractivity contribution < 1.29 is 18.7 Å². The van der Waals surface area contributed by atoms with Gasteiger partial charge in [-0.3, -0.25) is 0 Å². The molecule has 1 rings (SSSR count). The third-order valence-electron chi connectivity index (χ3n) is 1.69. The van der Waals surface area contributed by atoms with Gasteiger partial charge in [-0.1, -0.05) is 12.1 Å². The van der Waals surface area contributed by atoms with Crippen LogP contribution in [0.1, 0.15) is 11.1 Å². The second kappa shape index (κ2) is 3.51. The SMILES string of the molecule is Cc1ccc(CC(=O)[O-])c(F)c1F. The second-order valence-electron chi connectivity index (χ2n) is 2.72. The minimum Gasteiger partial charge on any atom is -0.550 e. The highest BCUT2D eigenvalue weighted by Crippen LogP contribution is 2.15. The summed E-state index contributed by atoms with van der Waals surface area (Å²) in [6, 6.07) is 2.57. The van der Waals surface area contributed by atoms with E-state index in [9.17, 15) is 18.7 Å². The number of carboxylic acid groups (broad SMARTS) is 1. The molecule has 0 N–H and O–H groups in total. The Hall–Kier alpha value is -1.45. The third-order valence-corrected chi connectivity index (χ3v) is 1.69. The standard InChI is InChI=1S/C9H8F2O2/c1-5-2-3-6(4-7(12)13)9(11)8(5)10/h2-3H,4H2,1H3,(H,12,13)/p-1. The number of aryl methyl sites for hydroxylation is 1. The summed E-state index contributed by atoms with van der Waals surface area (Å²) in [7, 11) is 0. The molecule has 0 unspecified atom stereocenters. The Bertz CT molecular complexity index is 348. The Labute approximate surface area is 73.8 Å². The molecule has 70 valence electrons. The summed E-state index contributed by atoms with van der Waals surface area (Å²) in [6.45, 7) is 1.40. The first-order chi connectivity index (χ1) is 6.02. The van der Waals surface area contributed by atoms with Crippen LogP contribution < -0.4 is 5.11 Å². The summed E-state index contributed by atoms with van der Waals surface area (Å²) < 4.78 is 25.8. The molecule has 4 heteroatoms. The summed E-state index contributed by atoms with van der Waals surface area (Å²) in [5.41, 5.74) is -0.0392. The Morgan fingerprint density at radius 1 is 1.38 bits per heavy atom. The molecule has 2 nitrogen and oxygen atoms in total. The summed E-state index contributed by atoms with van der Waals surface area (Å²) in [6.07, 6.45) is -0.608. The molecule has 13 heavy (non-hydrogen) atoms. The van der Waals surface area contributed by atoms with E-state index in [1.165, 1.54) is 19.1 Å². The third kappa shape index (κ3) is 2.02. The molecule has 0 heterocycles. The zero-order chi connectivity index (χ0) is 10.0. The molecule has 0 saturated heterocycles. The van der Waals surface area contributed by atoms with Crippen molar-refractivity contribution in [3.05, 3.63) is 34.9 Å². The van der Waals surface area contributed by atoms with Crippen LogP contribution >= 0.6 is 0 Å². The van der Waals surface area contributed by atoms with Crippen LogP contribution in [0.2, 0.25) is 0 Å². The topological polar surface area (TPSA) is 40.1 Å². The van der Waals surface area contributed by atoms with Crippen molar-refractivity contribution in [3.8, 4) is 0 Å². The molecular formula is C9H7F2O2-. The van der Waals surface area contributed by atoms with E-state index in [0.717, 1.165) is 0 Å². The van der Waals surface area contributed by atoms with Crippen molar-refractivity contribution in [1.82, 2.24) is 0 Å². The van der Waals surface area contributed by atoms with Crippen LogP contribution in [0.5, 0.6) is 0 Å². The van der Waals surface area contributed by atoms with Gasteiger partial charge in [0.15, 0.2) is 11.6 Å². The average Bonchev–Trinajstić information content (AvgIpc) is 2.06. The fourth-order valence-electron chi connectivity index (χ4n) is 0.978. The summed E-state index contributed by atoms with van der Waals surface area (Å²) in [5.74, 6) is -3.54. The molecule has 1 aromatic rings. The number of halogens is 2. The average molecular weight is 185 g/mol. The highest BCUT2D eigenvalue weighted by atomic mass is 19.2. The van der Waals surface area contributed by atoms with Crippen LogP contribution in [-0.4, -0.2) is 5.97 Å². The van der Waals surface area contributed by atoms with E-state index in [2.05, 4.69) is 0 Å². The molecular weight excluding hydrogens is 178 g/mol. The number of aliphatic carboxylic acids is 1. The number of carbonyl (C=O) groups excluding carboxylic acids is 1. The number of hydrogen-bond acceptors (Lipinski definition) is 2. The Morgan fingerprint density at radius 3 is 2.54 bits per heavy atom. The predicted molar refractivity (Wildman–Crippen MR) is 39.8 cm³/mol. The molecule has 0 aliphatic carbocycles. The lowest BCUT2D eigenvalue weighted by molar-refractivity contribution is -0.304. The summed E-state index contributed by atoms with van der Waals surface area (Å²) >= 11 is 0. The number of carbonyl (C=O) groups is 1. The van der Waals surface area contributed by atoms with Gasteiger partial charge in [-0.2, -0.15) is 0 Å². The lowest BCUT2D eigenvalue weighted by Gasteiger charge is -2.05. The Morgan fingerprint density at radius 2 is 2.00 bits per heavy atom. The predicted octanol–water partition coefficient (Wildman–Crippen LogP) is 0.566. The van der Waals surface area contributed by atoms with E-state index in [0.29, 0.717) is 0 Å². The normalized spacial score (nSPS) is 10.1. The summed E-state index contributed by atoms with van der Waals surface area (Å²) in [4.78, 5) is 10.1. The first kappa shape index (κ1) is 9.64. The molecule has 0 aliphatic heterocycles. The lowest BCUT2D eigenvalue weighted by Crippen LogP contribution is -2.25. The first-order valence-electron chi connectivity index (χ1n) is 3.65. The molecule has 0 fully saturated rings. The van der Waals surface area contributed by atoms with Gasteiger partial charge in [-0.15, -0.1) is 0 Å². The van der Waals surface area contributed by atoms with Gasteiger partial charge in [0.1, 0.15) is 0 Å². The smallest absolute Gasteiger partial charge is 0.162 e. The molecule has 1 aromatic carbocycles. The fourth-order valence-corrected chi connectivity index (χ4v) is 0.978. The monoisotopic (exact) mass is 185 g/mol. The number of benzene rings is 1. The second-order valence-corrected chi connectivity index (χ2v) is 2.72. The van der Waals surface area contributed by atoms with Crippen LogP contribution in [0.25, 0.3) is 0 Å². The molecule has 0 radical (unpaired) electrons. The van der Waals surface area contributed by atoms with Crippen molar-refractivity contribution in [2.75, 3.05) is 0 Å². The Kier molecular flexibility index (Phi) is 2.60. The minimum absolute atomic E-state index is 0.152. The highest BCUT2D eigenvalue weighted by molar-refractivity contribution is 5.68. The van der Waals surface area contributed by atoms with Crippen molar-refractivity contribution in [2.24, 2.45) is 0 Å². The first-order valence-corrected chi connectivity index (χ1v) is 3.65. The minimum atomic E-state index is -1.43. The van der Waals surface area contributed by atoms with Crippen LogP contribution in [0.4, 0.5) is 8.78 Å². The van der Waals surface area contributed by atoms with Crippen LogP contribution in [0.3, 0.4) is 0 Å². The number of hydrogen-bond donors (Lipinski definition) is 0. The molecule has 0 saturated carbocycles. The number of carboxylic acids is 1. The van der Waals surface area contributed by atoms with E-state index in [1.54, 1.807) is 0 Å². The molecule has 0 aromatic heterocycles. The molecule has 0 bridgehead atoms. The Balaban J connectivity index is 3.10. The quantitative estimate of drug-likeness (QED) is 0.675. The highest BCUT2D eigenvalue weighted by Gasteiger charge is 2.10. The van der Waals surface area contributed by atoms with Gasteiger partial charge in [-0.25, -0.2) is 8.78 Å². The molecule has 0 aliphatic rings. The van der Waals surface area contributed by atoms with Crippen molar-refractivity contribution in [1.29, 1.82) is 0 Å². The maximum absolute atomic E-state index is 13.0. The van der Waals surface area contributed by atoms with E-state index in [1.807, 2.05) is 0 Å². The molecule has 0 atom stereocenters. The van der Waals surface area contributed by atoms with Gasteiger partial charge in [-0.05, 0) is 18.1 Å². The maximum atomic E-state index is 13.0. The van der Waals surface area contributed by atoms with Crippen molar-refractivity contribution in [2.45, 2.75) is 13.3 Å². The number of rotatable bonds is 2. The zero-order valence-electron chi connectivity index (χ0n) is 6.93. The van der Waals surface area contributed by atoms with Gasteiger partial charge >= 0.3 is 0 Å². The van der Waals surface area contributed by atoms with Gasteiger partial charge < -0.3 is 9.90 Å². The van der Waals surface area contributed by atoms with Crippen LogP contribution in [-0.2, 0) is 11.2 Å². The van der Waals surface area contributed by atoms with Crippen molar-refractivity contribution >= 4 is 5.97 Å². The zero-order valence-corrected chi connectivity index (χ0v) is 6.93. The fraction of sp³-hybridized carbons (Fsp3) is 0.222. The summed E-state index contributed by atoms with van der Waals surface area (Å²) in [5, 5.41) is 10.1. The van der Waals surface area contributed by atoms with Crippen LogP contribution in [0, 0.1) is 18.6 Å². The van der Waals surface area contributed by atoms with Gasteiger partial charge in [0, 0.05) is 12.4 Å². The van der Waals surface area contributed by atoms with Crippen molar-refractivity contribution in [3.63, 3.8) is 0 Å². The van der Waals surface area contributed by atoms with Crippen LogP contribution in [0.15, 0.2) is 12.1 Å². The molecule has 0 spiro atoms. The maximum Gasteiger partial charge on any atom is 0.162 e. The molecule has 0 amide bonds. The van der Waals surface area contributed by atoms with Gasteiger partial charge in [0.25, 0.3) is 0 Å². The van der Waals surface area contributed by atoms with E-state index in [4.69, 9.17) is 0 Å². The van der Waals surface area contributed by atoms with Gasteiger partial charge in [0.05, 0.1) is 0 Å². The van der Waals surface area contributed by atoms with Gasteiger partial charge in [0.2, 0.25) is 0 Å². The van der Waals surface area contributed by atoms with E-state index < -0.39 is 24.0 Å². The largest absolute Gasteiger partial charge is 0.550 e. The van der Waals surface area contributed by atoms with E-state index in [-0.39, 0.29) is 11.1 Å².